The SMILES string of the molecule is C=C(/N=C(\C(=C/C)C(F)(F)F)N1CCCC1)Nc1ccc(P(C)(C)=O)cc1. The summed E-state index contributed by atoms with van der Waals surface area (Å²) in [5, 5.41) is 3.64. The molecule has 0 bridgehead atoms. The van der Waals surface area contributed by atoms with Gasteiger partial charge in [0.1, 0.15) is 18.8 Å². The second kappa shape index (κ2) is 8.34. The van der Waals surface area contributed by atoms with Crippen molar-refractivity contribution in [3.05, 3.63) is 48.3 Å². The number of hydrogen-bond donors (Lipinski definition) is 1. The fourth-order valence-electron chi connectivity index (χ4n) is 2.88. The van der Waals surface area contributed by atoms with E-state index in [1.165, 1.54) is 6.92 Å². The number of anilines is 1. The third-order valence-electron chi connectivity index (χ3n) is 4.26. The Balaban J connectivity index is 2.25. The highest BCUT2D eigenvalue weighted by molar-refractivity contribution is 7.70. The number of amidine groups is 1. The van der Waals surface area contributed by atoms with Crippen molar-refractivity contribution in [3.8, 4) is 0 Å². The third-order valence-corrected chi connectivity index (χ3v) is 5.80. The number of hydrogen-bond acceptors (Lipinski definition) is 3. The number of nitrogens with one attached hydrogen (secondary N) is 1. The number of nitrogens with zero attached hydrogens (tertiary/aromatic N) is 2. The number of likely N-dealkylation sites (tertiary alicyclic amines) is 1. The summed E-state index contributed by atoms with van der Waals surface area (Å²) in [6.45, 7) is 9.55. The lowest BCUT2D eigenvalue weighted by molar-refractivity contribution is -0.0870. The van der Waals surface area contributed by atoms with E-state index in [-0.39, 0.29) is 11.7 Å². The summed E-state index contributed by atoms with van der Waals surface area (Å²) in [6.07, 6.45) is -1.77. The molecule has 1 saturated heterocycles. The van der Waals surface area contributed by atoms with Crippen molar-refractivity contribution in [2.45, 2.75) is 25.9 Å². The van der Waals surface area contributed by atoms with Crippen molar-refractivity contribution in [3.63, 3.8) is 0 Å². The summed E-state index contributed by atoms with van der Waals surface area (Å²) in [4.78, 5) is 5.80. The van der Waals surface area contributed by atoms with Crippen molar-refractivity contribution in [1.29, 1.82) is 0 Å². The first-order chi connectivity index (χ1) is 12.5. The highest BCUT2D eigenvalue weighted by atomic mass is 31.2. The summed E-state index contributed by atoms with van der Waals surface area (Å²) >= 11 is 0. The molecule has 0 amide bonds. The lowest BCUT2D eigenvalue weighted by atomic mass is 10.2. The molecule has 4 nitrogen and oxygen atoms in total. The second-order valence-electron chi connectivity index (χ2n) is 6.80. The van der Waals surface area contributed by atoms with Gasteiger partial charge >= 0.3 is 6.18 Å². The van der Waals surface area contributed by atoms with E-state index < -0.39 is 18.9 Å². The van der Waals surface area contributed by atoms with Crippen LogP contribution in [-0.4, -0.2) is 43.3 Å². The number of rotatable bonds is 5. The molecule has 1 N–H and O–H groups in total. The predicted octanol–water partition coefficient (Wildman–Crippen LogP) is 4.82. The number of benzene rings is 1. The van der Waals surface area contributed by atoms with Gasteiger partial charge in [-0.3, -0.25) is 0 Å². The van der Waals surface area contributed by atoms with E-state index in [9.17, 15) is 17.7 Å². The fraction of sp³-hybridized carbons (Fsp3) is 0.421. The quantitative estimate of drug-likeness (QED) is 0.439. The molecule has 148 valence electrons. The van der Waals surface area contributed by atoms with E-state index in [1.54, 1.807) is 42.5 Å². The van der Waals surface area contributed by atoms with Gasteiger partial charge in [-0.25, -0.2) is 4.99 Å². The molecule has 0 saturated carbocycles. The maximum absolute atomic E-state index is 13.4. The first-order valence-corrected chi connectivity index (χ1v) is 11.3. The first-order valence-electron chi connectivity index (χ1n) is 8.71. The van der Waals surface area contributed by atoms with E-state index in [2.05, 4.69) is 16.9 Å². The molecule has 1 aliphatic heterocycles. The summed E-state index contributed by atoms with van der Waals surface area (Å²) in [5.41, 5.74) is -0.142. The fourth-order valence-corrected chi connectivity index (χ4v) is 3.74. The van der Waals surface area contributed by atoms with Crippen LogP contribution in [0.1, 0.15) is 19.8 Å². The minimum atomic E-state index is -4.48. The van der Waals surface area contributed by atoms with Crippen LogP contribution in [0.4, 0.5) is 18.9 Å². The van der Waals surface area contributed by atoms with Crippen molar-refractivity contribution in [1.82, 2.24) is 4.90 Å². The number of aliphatic imine (C=N–C) groups is 1. The maximum atomic E-state index is 13.4. The predicted molar refractivity (Wildman–Crippen MR) is 106 cm³/mol. The zero-order valence-electron chi connectivity index (χ0n) is 15.8. The van der Waals surface area contributed by atoms with E-state index in [4.69, 9.17) is 0 Å². The van der Waals surface area contributed by atoms with E-state index in [0.29, 0.717) is 18.8 Å². The van der Waals surface area contributed by atoms with Crippen LogP contribution in [0.2, 0.25) is 0 Å². The van der Waals surface area contributed by atoms with Crippen LogP contribution >= 0.6 is 7.14 Å². The normalized spacial score (nSPS) is 16.6. The van der Waals surface area contributed by atoms with Crippen LogP contribution in [0.5, 0.6) is 0 Å². The van der Waals surface area contributed by atoms with E-state index in [1.807, 2.05) is 0 Å². The molecule has 2 rings (SSSR count). The van der Waals surface area contributed by atoms with Crippen molar-refractivity contribution < 1.29 is 17.7 Å². The molecule has 0 radical (unpaired) electrons. The topological polar surface area (TPSA) is 44.7 Å². The molecule has 0 unspecified atom stereocenters. The molecular weight excluding hydrogens is 374 g/mol. The Hall–Kier alpha value is -2.01. The summed E-state index contributed by atoms with van der Waals surface area (Å²) in [5.74, 6) is 0.00710. The van der Waals surface area contributed by atoms with Gasteiger partial charge in [-0.1, -0.05) is 12.7 Å². The number of alkyl halides is 3. The lowest BCUT2D eigenvalue weighted by Crippen LogP contribution is -2.35. The van der Waals surface area contributed by atoms with Gasteiger partial charge in [0, 0.05) is 24.1 Å². The third kappa shape index (κ3) is 5.73. The summed E-state index contributed by atoms with van der Waals surface area (Å²) in [7, 11) is -2.36. The second-order valence-corrected chi connectivity index (χ2v) is 10.0. The Morgan fingerprint density at radius 2 is 1.78 bits per heavy atom. The first kappa shape index (κ1) is 21.3. The minimum Gasteiger partial charge on any atom is -0.356 e. The van der Waals surface area contributed by atoms with Crippen molar-refractivity contribution in [2.24, 2.45) is 4.99 Å². The van der Waals surface area contributed by atoms with Crippen LogP contribution in [0, 0.1) is 0 Å². The zero-order chi connectivity index (χ0) is 20.2. The van der Waals surface area contributed by atoms with Crippen molar-refractivity contribution >= 4 is 24.0 Å². The molecule has 0 spiro atoms. The van der Waals surface area contributed by atoms with Crippen LogP contribution in [0.25, 0.3) is 0 Å². The van der Waals surface area contributed by atoms with Gasteiger partial charge in [0.2, 0.25) is 0 Å². The van der Waals surface area contributed by atoms with Gasteiger partial charge in [0.05, 0.1) is 5.57 Å². The average molecular weight is 399 g/mol. The largest absolute Gasteiger partial charge is 0.419 e. The molecule has 1 fully saturated rings. The Morgan fingerprint density at radius 3 is 2.22 bits per heavy atom. The molecule has 1 aliphatic rings. The van der Waals surface area contributed by atoms with Crippen LogP contribution < -0.4 is 10.6 Å². The highest BCUT2D eigenvalue weighted by Crippen LogP contribution is 2.34. The van der Waals surface area contributed by atoms with E-state index >= 15 is 0 Å². The molecule has 1 heterocycles. The van der Waals surface area contributed by atoms with Gasteiger partial charge < -0.3 is 14.8 Å². The van der Waals surface area contributed by atoms with Gasteiger partial charge in [0.15, 0.2) is 0 Å². The van der Waals surface area contributed by atoms with Crippen LogP contribution in [0.15, 0.2) is 53.3 Å². The monoisotopic (exact) mass is 399 g/mol. The lowest BCUT2D eigenvalue weighted by Gasteiger charge is -2.24. The molecule has 8 heteroatoms. The van der Waals surface area contributed by atoms with Gasteiger partial charge in [-0.05, 0) is 57.4 Å². The van der Waals surface area contributed by atoms with Crippen LogP contribution in [-0.2, 0) is 4.57 Å². The molecular formula is C19H25F3N3OP. The van der Waals surface area contributed by atoms with Gasteiger partial charge in [0.25, 0.3) is 0 Å². The van der Waals surface area contributed by atoms with Gasteiger partial charge in [-0.2, -0.15) is 13.2 Å². The summed E-state index contributed by atoms with van der Waals surface area (Å²) < 4.78 is 52.3. The molecule has 1 aromatic rings. The van der Waals surface area contributed by atoms with Crippen molar-refractivity contribution in [2.75, 3.05) is 31.7 Å². The minimum absolute atomic E-state index is 0.108. The van der Waals surface area contributed by atoms with Gasteiger partial charge in [-0.15, -0.1) is 0 Å². The maximum Gasteiger partial charge on any atom is 0.419 e. The molecule has 27 heavy (non-hydrogen) atoms. The van der Waals surface area contributed by atoms with E-state index in [0.717, 1.165) is 24.2 Å². The Kier molecular flexibility index (Phi) is 6.58. The Morgan fingerprint density at radius 1 is 1.22 bits per heavy atom. The molecule has 1 aromatic carbocycles. The molecule has 0 aromatic heterocycles. The zero-order valence-corrected chi connectivity index (χ0v) is 16.7. The molecule has 0 aliphatic carbocycles. The number of halogens is 3. The standard InChI is InChI=1S/C19H25F3N3OP/c1-5-17(19(20,21)22)18(25-12-6-7-13-25)24-14(2)23-15-8-10-16(11-9-15)27(3,4)26/h5,8-11,23H,2,6-7,12-13H2,1,3-4H3/b17-5+,24-18+. The highest BCUT2D eigenvalue weighted by Gasteiger charge is 2.39. The van der Waals surface area contributed by atoms with Crippen LogP contribution in [0.3, 0.4) is 0 Å². The molecule has 0 atom stereocenters. The Bertz CT molecular complexity index is 785. The summed E-state index contributed by atoms with van der Waals surface area (Å²) in [6, 6.07) is 6.89. The smallest absolute Gasteiger partial charge is 0.356 e. The number of allylic oxidation sites excluding steroid dienone is 1. The Labute approximate surface area is 158 Å². The average Bonchev–Trinajstić information content (AvgIpc) is 3.07.